The van der Waals surface area contributed by atoms with Crippen LogP contribution in [0.2, 0.25) is 5.02 Å². The summed E-state index contributed by atoms with van der Waals surface area (Å²) in [5.41, 5.74) is 2.81. The molecule has 3 rings (SSSR count). The fraction of sp³-hybridized carbons (Fsp3) is 0.421. The lowest BCUT2D eigenvalue weighted by atomic mass is 9.88. The molecule has 0 bridgehead atoms. The molecule has 1 unspecified atom stereocenters. The molecule has 1 atom stereocenters. The molecule has 1 fully saturated rings. The zero-order valence-corrected chi connectivity index (χ0v) is 15.9. The lowest BCUT2D eigenvalue weighted by molar-refractivity contribution is 0.0632. The van der Waals surface area contributed by atoms with Gasteiger partial charge in [0.05, 0.1) is 18.3 Å². The minimum Gasteiger partial charge on any atom is -0.496 e. The van der Waals surface area contributed by atoms with Crippen molar-refractivity contribution in [1.29, 1.82) is 0 Å². The maximum Gasteiger partial charge on any atom is 0.273 e. The minimum absolute atomic E-state index is 0.0621. The van der Waals surface area contributed by atoms with Gasteiger partial charge in [0.2, 0.25) is 0 Å². The van der Waals surface area contributed by atoms with Crippen LogP contribution in [0, 0.1) is 19.8 Å². The van der Waals surface area contributed by atoms with Gasteiger partial charge in [0.25, 0.3) is 5.91 Å². The summed E-state index contributed by atoms with van der Waals surface area (Å²) < 4.78 is 5.37. The molecule has 1 N–H and O–H groups in total. The largest absolute Gasteiger partial charge is 0.496 e. The SMILES string of the molecule is COc1c(C)cc(C(=O)C2CCCN(C(=O)c3[nH]ncc3Cl)C2)cc1C. The number of aryl methyl sites for hydroxylation is 2. The number of aromatic amines is 1. The highest BCUT2D eigenvalue weighted by atomic mass is 35.5. The number of carbonyl (C=O) groups is 2. The number of likely N-dealkylation sites (tertiary alicyclic amines) is 1. The number of H-pyrrole nitrogens is 1. The van der Waals surface area contributed by atoms with Gasteiger partial charge in [-0.1, -0.05) is 11.6 Å². The average molecular weight is 376 g/mol. The van der Waals surface area contributed by atoms with E-state index in [4.69, 9.17) is 16.3 Å². The molecule has 6 nitrogen and oxygen atoms in total. The van der Waals surface area contributed by atoms with Gasteiger partial charge in [0.15, 0.2) is 5.78 Å². The summed E-state index contributed by atoms with van der Waals surface area (Å²) in [7, 11) is 1.63. The molecule has 26 heavy (non-hydrogen) atoms. The number of carbonyl (C=O) groups excluding carboxylic acids is 2. The molecule has 1 aliphatic heterocycles. The molecule has 1 aliphatic rings. The smallest absolute Gasteiger partial charge is 0.273 e. The molecule has 7 heteroatoms. The maximum absolute atomic E-state index is 13.0. The van der Waals surface area contributed by atoms with Gasteiger partial charge in [0.1, 0.15) is 11.4 Å². The van der Waals surface area contributed by atoms with Gasteiger partial charge in [-0.15, -0.1) is 0 Å². The van der Waals surface area contributed by atoms with Crippen LogP contribution in [0.1, 0.15) is 44.8 Å². The van der Waals surface area contributed by atoms with Crippen LogP contribution < -0.4 is 4.74 Å². The van der Waals surface area contributed by atoms with Crippen molar-refractivity contribution in [1.82, 2.24) is 15.1 Å². The van der Waals surface area contributed by atoms with Gasteiger partial charge in [-0.25, -0.2) is 0 Å². The highest BCUT2D eigenvalue weighted by molar-refractivity contribution is 6.33. The quantitative estimate of drug-likeness (QED) is 0.831. The molecular weight excluding hydrogens is 354 g/mol. The number of methoxy groups -OCH3 is 1. The summed E-state index contributed by atoms with van der Waals surface area (Å²) in [6, 6.07) is 3.72. The van der Waals surface area contributed by atoms with Gasteiger partial charge in [-0.05, 0) is 49.9 Å². The molecule has 1 amide bonds. The standard InChI is InChI=1S/C19H22ClN3O3/c1-11-7-14(8-12(2)18(11)26-3)17(24)13-5-4-6-23(10-13)19(25)16-15(20)9-21-22-16/h7-9,13H,4-6,10H2,1-3H3,(H,21,22). The molecule has 2 aromatic rings. The van der Waals surface area contributed by atoms with E-state index >= 15 is 0 Å². The van der Waals surface area contributed by atoms with Crippen molar-refractivity contribution in [3.8, 4) is 5.75 Å². The molecule has 2 heterocycles. The molecule has 0 saturated carbocycles. The summed E-state index contributed by atoms with van der Waals surface area (Å²) in [6.07, 6.45) is 2.95. The predicted octanol–water partition coefficient (Wildman–Crippen LogP) is 3.42. The maximum atomic E-state index is 13.0. The van der Waals surface area contributed by atoms with E-state index in [0.717, 1.165) is 29.7 Å². The lowest BCUT2D eigenvalue weighted by Crippen LogP contribution is -2.42. The van der Waals surface area contributed by atoms with E-state index in [0.29, 0.717) is 23.7 Å². The number of ketones is 1. The van der Waals surface area contributed by atoms with Crippen LogP contribution in [0.15, 0.2) is 18.3 Å². The van der Waals surface area contributed by atoms with Crippen molar-refractivity contribution >= 4 is 23.3 Å². The van der Waals surface area contributed by atoms with Gasteiger partial charge in [0, 0.05) is 24.6 Å². The van der Waals surface area contributed by atoms with Crippen molar-refractivity contribution in [2.75, 3.05) is 20.2 Å². The number of benzene rings is 1. The van der Waals surface area contributed by atoms with Crippen molar-refractivity contribution in [2.24, 2.45) is 5.92 Å². The van der Waals surface area contributed by atoms with E-state index in [-0.39, 0.29) is 23.3 Å². The van der Waals surface area contributed by atoms with E-state index in [9.17, 15) is 9.59 Å². The van der Waals surface area contributed by atoms with Crippen LogP contribution in [0.3, 0.4) is 0 Å². The number of aromatic nitrogens is 2. The summed E-state index contributed by atoms with van der Waals surface area (Å²) >= 11 is 5.99. The molecule has 0 aliphatic carbocycles. The Labute approximate surface area is 157 Å². The Bertz CT molecular complexity index is 823. The first-order valence-electron chi connectivity index (χ1n) is 8.60. The monoisotopic (exact) mass is 375 g/mol. The molecule has 1 aromatic heterocycles. The molecule has 1 aromatic carbocycles. The summed E-state index contributed by atoms with van der Waals surface area (Å²) in [4.78, 5) is 27.3. The van der Waals surface area contributed by atoms with Crippen LogP contribution in [0.25, 0.3) is 0 Å². The van der Waals surface area contributed by atoms with E-state index < -0.39 is 0 Å². The highest BCUT2D eigenvalue weighted by Crippen LogP contribution is 2.28. The number of ether oxygens (including phenoxy) is 1. The number of amides is 1. The second-order valence-electron chi connectivity index (χ2n) is 6.69. The zero-order chi connectivity index (χ0) is 18.8. The van der Waals surface area contributed by atoms with Crippen molar-refractivity contribution in [3.63, 3.8) is 0 Å². The molecule has 0 radical (unpaired) electrons. The highest BCUT2D eigenvalue weighted by Gasteiger charge is 2.31. The number of Topliss-reactive ketones (excluding diaryl/α,β-unsaturated/α-hetero) is 1. The average Bonchev–Trinajstić information content (AvgIpc) is 3.06. The van der Waals surface area contributed by atoms with Gasteiger partial charge in [-0.3, -0.25) is 14.7 Å². The number of rotatable bonds is 4. The van der Waals surface area contributed by atoms with Crippen molar-refractivity contribution < 1.29 is 14.3 Å². The second kappa shape index (κ2) is 7.50. The Balaban J connectivity index is 1.78. The second-order valence-corrected chi connectivity index (χ2v) is 7.10. The third-order valence-electron chi connectivity index (χ3n) is 4.84. The summed E-state index contributed by atoms with van der Waals surface area (Å²) in [5, 5.41) is 6.72. The topological polar surface area (TPSA) is 75.3 Å². The minimum atomic E-state index is -0.221. The number of piperidine rings is 1. The first-order valence-corrected chi connectivity index (χ1v) is 8.97. The van der Waals surface area contributed by atoms with Gasteiger partial charge < -0.3 is 9.64 Å². The van der Waals surface area contributed by atoms with E-state index in [1.807, 2.05) is 26.0 Å². The third-order valence-corrected chi connectivity index (χ3v) is 5.12. The van der Waals surface area contributed by atoms with Crippen LogP contribution in [0.4, 0.5) is 0 Å². The number of hydrogen-bond acceptors (Lipinski definition) is 4. The van der Waals surface area contributed by atoms with Crippen LogP contribution in [-0.4, -0.2) is 47.0 Å². The molecule has 0 spiro atoms. The van der Waals surface area contributed by atoms with Crippen molar-refractivity contribution in [3.05, 3.63) is 45.7 Å². The number of halogens is 1. The van der Waals surface area contributed by atoms with E-state index in [1.54, 1.807) is 12.0 Å². The van der Waals surface area contributed by atoms with Crippen LogP contribution in [0.5, 0.6) is 5.75 Å². The molecule has 1 saturated heterocycles. The molecule has 138 valence electrons. The zero-order valence-electron chi connectivity index (χ0n) is 15.1. The summed E-state index contributed by atoms with van der Waals surface area (Å²) in [6.45, 7) is 4.86. The Morgan fingerprint density at radius 3 is 2.58 bits per heavy atom. The number of nitrogens with one attached hydrogen (secondary N) is 1. The number of hydrogen-bond donors (Lipinski definition) is 1. The Morgan fingerprint density at radius 2 is 2.00 bits per heavy atom. The van der Waals surface area contributed by atoms with E-state index in [2.05, 4.69) is 10.2 Å². The number of nitrogens with zero attached hydrogens (tertiary/aromatic N) is 2. The Morgan fingerprint density at radius 1 is 1.31 bits per heavy atom. The first kappa shape index (κ1) is 18.5. The predicted molar refractivity (Wildman–Crippen MR) is 99.0 cm³/mol. The molecular formula is C19H22ClN3O3. The van der Waals surface area contributed by atoms with Gasteiger partial charge >= 0.3 is 0 Å². The third kappa shape index (κ3) is 3.46. The fourth-order valence-electron chi connectivity index (χ4n) is 3.61. The summed E-state index contributed by atoms with van der Waals surface area (Å²) in [5.74, 6) is 0.427. The first-order chi connectivity index (χ1) is 12.4. The van der Waals surface area contributed by atoms with Crippen molar-refractivity contribution in [2.45, 2.75) is 26.7 Å². The Kier molecular flexibility index (Phi) is 5.32. The lowest BCUT2D eigenvalue weighted by Gasteiger charge is -2.32. The normalized spacial score (nSPS) is 17.2. The van der Waals surface area contributed by atoms with Crippen LogP contribution in [-0.2, 0) is 0 Å². The fourth-order valence-corrected chi connectivity index (χ4v) is 3.78. The van der Waals surface area contributed by atoms with E-state index in [1.165, 1.54) is 6.20 Å². The van der Waals surface area contributed by atoms with Gasteiger partial charge in [-0.2, -0.15) is 5.10 Å². The Hall–Kier alpha value is -2.34. The van der Waals surface area contributed by atoms with Crippen LogP contribution >= 0.6 is 11.6 Å².